The van der Waals surface area contributed by atoms with Crippen LogP contribution in [0.4, 0.5) is 5.69 Å². The average molecular weight is 341 g/mol. The first kappa shape index (κ1) is 17.5. The van der Waals surface area contributed by atoms with Crippen LogP contribution in [0.5, 0.6) is 0 Å². The number of carbonyl (C=O) groups excluding carboxylic acids is 1. The van der Waals surface area contributed by atoms with E-state index in [0.29, 0.717) is 12.2 Å². The molecule has 0 N–H and O–H groups in total. The number of aromatic nitrogens is 2. The van der Waals surface area contributed by atoms with Crippen LogP contribution < -0.4 is 4.90 Å². The van der Waals surface area contributed by atoms with Gasteiger partial charge in [-0.2, -0.15) is 0 Å². The van der Waals surface area contributed by atoms with Gasteiger partial charge in [0.05, 0.1) is 29.7 Å². The summed E-state index contributed by atoms with van der Waals surface area (Å²) in [6, 6.07) is 1.93. The van der Waals surface area contributed by atoms with Gasteiger partial charge in [-0.1, -0.05) is 19.9 Å². The Morgan fingerprint density at radius 2 is 2.12 bits per heavy atom. The molecule has 0 radical (unpaired) electrons. The third-order valence-electron chi connectivity index (χ3n) is 4.77. The van der Waals surface area contributed by atoms with Crippen LogP contribution in [0, 0.1) is 5.92 Å². The molecule has 2 aromatic heterocycles. The van der Waals surface area contributed by atoms with Crippen LogP contribution in [-0.4, -0.2) is 35.1 Å². The third-order valence-corrected chi connectivity index (χ3v) is 4.77. The van der Waals surface area contributed by atoms with E-state index in [0.717, 1.165) is 42.5 Å². The van der Waals surface area contributed by atoms with Gasteiger partial charge in [-0.15, -0.1) is 0 Å². The van der Waals surface area contributed by atoms with Gasteiger partial charge in [0.1, 0.15) is 0 Å². The van der Waals surface area contributed by atoms with Gasteiger partial charge in [0, 0.05) is 19.3 Å². The number of pyridine rings is 1. The minimum atomic E-state index is -0.282. The summed E-state index contributed by atoms with van der Waals surface area (Å²) >= 11 is 0. The number of esters is 1. The van der Waals surface area contributed by atoms with Gasteiger partial charge in [-0.3, -0.25) is 4.40 Å². The number of carbonyl (C=O) groups is 1. The number of allylic oxidation sites excluding steroid dienone is 1. The van der Waals surface area contributed by atoms with Crippen molar-refractivity contribution in [2.75, 3.05) is 24.6 Å². The smallest absolute Gasteiger partial charge is 0.339 e. The molecule has 0 amide bonds. The number of imidazole rings is 1. The normalized spacial score (nSPS) is 16.0. The summed E-state index contributed by atoms with van der Waals surface area (Å²) in [5, 5.41) is 0. The summed E-state index contributed by atoms with van der Waals surface area (Å²) in [6.45, 7) is 8.59. The van der Waals surface area contributed by atoms with Crippen molar-refractivity contribution in [1.82, 2.24) is 9.38 Å². The van der Waals surface area contributed by atoms with Crippen molar-refractivity contribution >= 4 is 23.4 Å². The van der Waals surface area contributed by atoms with Crippen LogP contribution >= 0.6 is 0 Å². The van der Waals surface area contributed by atoms with Crippen molar-refractivity contribution in [2.24, 2.45) is 5.92 Å². The Kier molecular flexibility index (Phi) is 5.41. The molecule has 1 aliphatic rings. The lowest BCUT2D eigenvalue weighted by Gasteiger charge is -2.32. The highest BCUT2D eigenvalue weighted by Crippen LogP contribution is 2.29. The molecule has 1 fully saturated rings. The number of hydrogen-bond acceptors (Lipinski definition) is 4. The molecule has 25 heavy (non-hydrogen) atoms. The molecule has 0 aliphatic carbocycles. The Bertz CT molecular complexity index is 771. The predicted molar refractivity (Wildman–Crippen MR) is 101 cm³/mol. The third kappa shape index (κ3) is 3.70. The number of fused-ring (bicyclic) bond motifs is 1. The fourth-order valence-corrected chi connectivity index (χ4v) is 3.26. The summed E-state index contributed by atoms with van der Waals surface area (Å²) in [4.78, 5) is 19.3. The molecular weight excluding hydrogens is 314 g/mol. The average Bonchev–Trinajstić information content (AvgIpc) is 3.03. The van der Waals surface area contributed by atoms with Crippen molar-refractivity contribution in [1.29, 1.82) is 0 Å². The van der Waals surface area contributed by atoms with E-state index in [1.165, 1.54) is 12.8 Å². The highest BCUT2D eigenvalue weighted by Gasteiger charge is 2.21. The summed E-state index contributed by atoms with van der Waals surface area (Å²) in [6.07, 6.45) is 11.2. The van der Waals surface area contributed by atoms with Crippen LogP contribution in [-0.2, 0) is 4.74 Å². The van der Waals surface area contributed by atoms with Gasteiger partial charge in [0.15, 0.2) is 5.65 Å². The predicted octanol–water partition coefficient (Wildman–Crippen LogP) is 4.17. The van der Waals surface area contributed by atoms with E-state index in [1.807, 2.05) is 29.8 Å². The van der Waals surface area contributed by atoms with E-state index in [4.69, 9.17) is 4.74 Å². The minimum Gasteiger partial charge on any atom is -0.462 e. The Morgan fingerprint density at radius 3 is 2.80 bits per heavy atom. The zero-order valence-electron chi connectivity index (χ0n) is 15.4. The van der Waals surface area contributed by atoms with E-state index >= 15 is 0 Å². The molecule has 0 unspecified atom stereocenters. The van der Waals surface area contributed by atoms with E-state index in [9.17, 15) is 4.79 Å². The fraction of sp³-hybridized carbons (Fsp3) is 0.500. The number of piperidine rings is 1. The molecule has 0 bridgehead atoms. The molecule has 1 saturated heterocycles. The molecule has 134 valence electrons. The van der Waals surface area contributed by atoms with Crippen LogP contribution in [0.3, 0.4) is 0 Å². The molecule has 0 saturated carbocycles. The first-order valence-corrected chi connectivity index (χ1v) is 9.23. The second-order valence-electron chi connectivity index (χ2n) is 6.69. The van der Waals surface area contributed by atoms with Crippen molar-refractivity contribution < 1.29 is 9.53 Å². The maximum absolute atomic E-state index is 12.3. The Labute approximate surface area is 149 Å². The van der Waals surface area contributed by atoms with Gasteiger partial charge < -0.3 is 9.64 Å². The first-order chi connectivity index (χ1) is 12.1. The summed E-state index contributed by atoms with van der Waals surface area (Å²) in [5.74, 6) is 0.471. The molecule has 5 heteroatoms. The SMILES string of the molecule is CCC=Cc1cnc2c(N3CCC(C)CC3)cc(C(=O)OCC)cn12. The second-order valence-corrected chi connectivity index (χ2v) is 6.69. The quantitative estimate of drug-likeness (QED) is 0.766. The fourth-order valence-electron chi connectivity index (χ4n) is 3.26. The highest BCUT2D eigenvalue weighted by molar-refractivity contribution is 5.92. The van der Waals surface area contributed by atoms with Gasteiger partial charge in [-0.25, -0.2) is 9.78 Å². The number of hydrogen-bond donors (Lipinski definition) is 0. The van der Waals surface area contributed by atoms with Crippen molar-refractivity contribution in [3.05, 3.63) is 35.8 Å². The topological polar surface area (TPSA) is 46.8 Å². The first-order valence-electron chi connectivity index (χ1n) is 9.23. The van der Waals surface area contributed by atoms with Gasteiger partial charge in [0.2, 0.25) is 0 Å². The Morgan fingerprint density at radius 1 is 1.36 bits per heavy atom. The number of nitrogens with zero attached hydrogens (tertiary/aromatic N) is 3. The van der Waals surface area contributed by atoms with Crippen LogP contribution in [0.1, 0.15) is 56.1 Å². The monoisotopic (exact) mass is 341 g/mol. The van der Waals surface area contributed by atoms with Crippen LogP contribution in [0.15, 0.2) is 24.5 Å². The van der Waals surface area contributed by atoms with Gasteiger partial charge >= 0.3 is 5.97 Å². The summed E-state index contributed by atoms with van der Waals surface area (Å²) in [7, 11) is 0. The van der Waals surface area contributed by atoms with Gasteiger partial charge in [-0.05, 0) is 44.2 Å². The largest absolute Gasteiger partial charge is 0.462 e. The lowest BCUT2D eigenvalue weighted by Crippen LogP contribution is -2.33. The molecule has 1 aliphatic heterocycles. The number of rotatable bonds is 5. The lowest BCUT2D eigenvalue weighted by atomic mass is 9.99. The van der Waals surface area contributed by atoms with Crippen molar-refractivity contribution in [3.63, 3.8) is 0 Å². The van der Waals surface area contributed by atoms with E-state index < -0.39 is 0 Å². The Balaban J connectivity index is 2.08. The van der Waals surface area contributed by atoms with Crippen molar-refractivity contribution in [2.45, 2.75) is 40.0 Å². The number of ether oxygens (including phenoxy) is 1. The number of anilines is 1. The standard InChI is InChI=1S/C20H27N3O2/c1-4-6-7-17-13-21-19-18(22-10-8-15(3)9-11-22)12-16(14-23(17)19)20(24)25-5-2/h6-7,12-15H,4-5,8-11H2,1-3H3. The zero-order chi connectivity index (χ0) is 17.8. The second kappa shape index (κ2) is 7.72. The summed E-state index contributed by atoms with van der Waals surface area (Å²) < 4.78 is 7.23. The molecule has 0 spiro atoms. The van der Waals surface area contributed by atoms with Crippen molar-refractivity contribution in [3.8, 4) is 0 Å². The zero-order valence-corrected chi connectivity index (χ0v) is 15.4. The Hall–Kier alpha value is -2.30. The molecular formula is C20H27N3O2. The van der Waals surface area contributed by atoms with E-state index in [-0.39, 0.29) is 5.97 Å². The molecule has 3 rings (SSSR count). The maximum atomic E-state index is 12.3. The van der Waals surface area contributed by atoms with Crippen LogP contribution in [0.25, 0.3) is 11.7 Å². The highest BCUT2D eigenvalue weighted by atomic mass is 16.5. The van der Waals surface area contributed by atoms with Gasteiger partial charge in [0.25, 0.3) is 0 Å². The summed E-state index contributed by atoms with van der Waals surface area (Å²) in [5.41, 5.74) is 3.48. The molecule has 0 atom stereocenters. The van der Waals surface area contributed by atoms with E-state index in [2.05, 4.69) is 35.9 Å². The lowest BCUT2D eigenvalue weighted by molar-refractivity contribution is 0.0526. The molecule has 5 nitrogen and oxygen atoms in total. The molecule has 2 aromatic rings. The minimum absolute atomic E-state index is 0.282. The maximum Gasteiger partial charge on any atom is 0.339 e. The van der Waals surface area contributed by atoms with Crippen LogP contribution in [0.2, 0.25) is 0 Å². The molecule has 3 heterocycles. The molecule has 0 aromatic carbocycles. The van der Waals surface area contributed by atoms with E-state index in [1.54, 1.807) is 0 Å².